The predicted molar refractivity (Wildman–Crippen MR) is 128 cm³/mol. The van der Waals surface area contributed by atoms with Crippen molar-refractivity contribution in [1.29, 1.82) is 0 Å². The number of hydrogen-bond donors (Lipinski definition) is 1. The number of carbonyl (C=O) groups excluding carboxylic acids is 2. The first-order valence-electron chi connectivity index (χ1n) is 11.0. The fourth-order valence-electron chi connectivity index (χ4n) is 4.21. The number of benzene rings is 3. The topological polar surface area (TPSA) is 67.9 Å². The van der Waals surface area contributed by atoms with E-state index in [4.69, 9.17) is 9.47 Å². The Bertz CT molecular complexity index is 1160. The van der Waals surface area contributed by atoms with Crippen LogP contribution in [-0.2, 0) is 17.8 Å². The van der Waals surface area contributed by atoms with Crippen LogP contribution in [0.2, 0.25) is 0 Å². The zero-order valence-electron chi connectivity index (χ0n) is 19.1. The number of carbonyl (C=O) groups is 2. The number of fused-ring (bicyclic) bond motifs is 1. The van der Waals surface area contributed by atoms with E-state index in [1.165, 1.54) is 5.56 Å². The summed E-state index contributed by atoms with van der Waals surface area (Å²) in [7, 11) is 3.15. The standard InChI is InChI=1S/C27H28N2O4/c1-4-18-9-12-21(13-10-18)28-26(30)16-23(19-11-14-24(32-2)25(15-19)33-3)29-17-20-7-5-6-8-22(20)27(29)31/h5-15,23H,4,16-17H2,1-3H3,(H,28,30)/t23-/m0/s1. The molecule has 6 nitrogen and oxygen atoms in total. The molecule has 0 radical (unpaired) electrons. The number of anilines is 1. The normalized spacial score (nSPS) is 13.4. The number of amides is 2. The molecular weight excluding hydrogens is 416 g/mol. The van der Waals surface area contributed by atoms with Crippen molar-refractivity contribution in [2.45, 2.75) is 32.4 Å². The number of aryl methyl sites for hydroxylation is 1. The van der Waals surface area contributed by atoms with Gasteiger partial charge < -0.3 is 19.7 Å². The van der Waals surface area contributed by atoms with Gasteiger partial charge in [-0.3, -0.25) is 9.59 Å². The number of methoxy groups -OCH3 is 2. The lowest BCUT2D eigenvalue weighted by molar-refractivity contribution is -0.117. The number of ether oxygens (including phenoxy) is 2. The highest BCUT2D eigenvalue weighted by Crippen LogP contribution is 2.37. The molecule has 0 bridgehead atoms. The van der Waals surface area contributed by atoms with Gasteiger partial charge in [-0.05, 0) is 53.4 Å². The molecule has 6 heteroatoms. The Labute approximate surface area is 194 Å². The van der Waals surface area contributed by atoms with Gasteiger partial charge in [0.2, 0.25) is 5.91 Å². The number of rotatable bonds is 8. The third-order valence-corrected chi connectivity index (χ3v) is 6.04. The minimum atomic E-state index is -0.459. The molecule has 170 valence electrons. The molecule has 3 aromatic carbocycles. The van der Waals surface area contributed by atoms with Crippen molar-refractivity contribution >= 4 is 17.5 Å². The van der Waals surface area contributed by atoms with E-state index < -0.39 is 6.04 Å². The Morgan fingerprint density at radius 2 is 1.73 bits per heavy atom. The van der Waals surface area contributed by atoms with Gasteiger partial charge in [0.05, 0.1) is 26.7 Å². The summed E-state index contributed by atoms with van der Waals surface area (Å²) in [5.74, 6) is 0.907. The minimum absolute atomic E-state index is 0.0783. The first-order valence-corrected chi connectivity index (χ1v) is 11.0. The van der Waals surface area contributed by atoms with Gasteiger partial charge in [0.15, 0.2) is 11.5 Å². The quantitative estimate of drug-likeness (QED) is 0.531. The van der Waals surface area contributed by atoms with E-state index in [1.54, 1.807) is 25.2 Å². The second-order valence-electron chi connectivity index (χ2n) is 8.02. The smallest absolute Gasteiger partial charge is 0.255 e. The highest BCUT2D eigenvalue weighted by atomic mass is 16.5. The van der Waals surface area contributed by atoms with Crippen molar-refractivity contribution in [3.05, 3.63) is 89.0 Å². The van der Waals surface area contributed by atoms with Crippen LogP contribution in [0.25, 0.3) is 0 Å². The average Bonchev–Trinajstić information content (AvgIpc) is 3.18. The highest BCUT2D eigenvalue weighted by molar-refractivity contribution is 5.99. The Hall–Kier alpha value is -3.80. The van der Waals surface area contributed by atoms with Crippen LogP contribution in [0.5, 0.6) is 11.5 Å². The van der Waals surface area contributed by atoms with Gasteiger partial charge in [-0.1, -0.05) is 43.3 Å². The van der Waals surface area contributed by atoms with Crippen molar-refractivity contribution in [2.75, 3.05) is 19.5 Å². The fraction of sp³-hybridized carbons (Fsp3) is 0.259. The molecule has 2 amide bonds. The molecule has 1 atom stereocenters. The minimum Gasteiger partial charge on any atom is -0.493 e. The molecule has 0 aliphatic carbocycles. The largest absolute Gasteiger partial charge is 0.493 e. The molecule has 0 aromatic heterocycles. The Morgan fingerprint density at radius 1 is 1.00 bits per heavy atom. The SMILES string of the molecule is CCc1ccc(NC(=O)C[C@@H](c2ccc(OC)c(OC)c2)N2Cc3ccccc3C2=O)cc1. The van der Waals surface area contributed by atoms with Crippen molar-refractivity contribution < 1.29 is 19.1 Å². The van der Waals surface area contributed by atoms with Gasteiger partial charge in [-0.15, -0.1) is 0 Å². The van der Waals surface area contributed by atoms with Crippen LogP contribution in [0.15, 0.2) is 66.7 Å². The molecule has 1 aliphatic heterocycles. The number of nitrogens with one attached hydrogen (secondary N) is 1. The van der Waals surface area contributed by atoms with E-state index in [0.717, 1.165) is 23.2 Å². The molecule has 1 N–H and O–H groups in total. The molecule has 1 heterocycles. The molecule has 0 saturated heterocycles. The van der Waals surface area contributed by atoms with E-state index >= 15 is 0 Å². The van der Waals surface area contributed by atoms with Gasteiger partial charge in [0, 0.05) is 17.8 Å². The van der Waals surface area contributed by atoms with Crippen LogP contribution in [0.3, 0.4) is 0 Å². The third kappa shape index (κ3) is 4.70. The lowest BCUT2D eigenvalue weighted by Crippen LogP contribution is -2.32. The maximum Gasteiger partial charge on any atom is 0.255 e. The summed E-state index contributed by atoms with van der Waals surface area (Å²) < 4.78 is 10.8. The summed E-state index contributed by atoms with van der Waals surface area (Å²) in [5.41, 5.74) is 4.39. The third-order valence-electron chi connectivity index (χ3n) is 6.04. The molecule has 1 aliphatic rings. The second kappa shape index (κ2) is 9.77. The summed E-state index contributed by atoms with van der Waals surface area (Å²) in [4.78, 5) is 28.1. The van der Waals surface area contributed by atoms with Crippen molar-refractivity contribution in [3.8, 4) is 11.5 Å². The molecule has 0 unspecified atom stereocenters. The molecular formula is C27H28N2O4. The zero-order chi connectivity index (χ0) is 23.4. The van der Waals surface area contributed by atoms with Gasteiger partial charge in [-0.25, -0.2) is 0 Å². The summed E-state index contributed by atoms with van der Waals surface area (Å²) in [5, 5.41) is 2.97. The Balaban J connectivity index is 1.63. The lowest BCUT2D eigenvalue weighted by Gasteiger charge is -2.28. The molecule has 0 fully saturated rings. The van der Waals surface area contributed by atoms with Gasteiger partial charge >= 0.3 is 0 Å². The van der Waals surface area contributed by atoms with Crippen LogP contribution < -0.4 is 14.8 Å². The van der Waals surface area contributed by atoms with Crippen molar-refractivity contribution in [3.63, 3.8) is 0 Å². The highest BCUT2D eigenvalue weighted by Gasteiger charge is 2.34. The lowest BCUT2D eigenvalue weighted by atomic mass is 10.0. The van der Waals surface area contributed by atoms with Gasteiger partial charge in [0.1, 0.15) is 0 Å². The molecule has 4 rings (SSSR count). The summed E-state index contributed by atoms with van der Waals surface area (Å²) in [6.07, 6.45) is 1.05. The summed E-state index contributed by atoms with van der Waals surface area (Å²) >= 11 is 0. The van der Waals surface area contributed by atoms with E-state index in [-0.39, 0.29) is 18.2 Å². The molecule has 0 spiro atoms. The average molecular weight is 445 g/mol. The molecule has 3 aromatic rings. The van der Waals surface area contributed by atoms with Gasteiger partial charge in [0.25, 0.3) is 5.91 Å². The maximum absolute atomic E-state index is 13.2. The first kappa shape index (κ1) is 22.4. The second-order valence-corrected chi connectivity index (χ2v) is 8.02. The van der Waals surface area contributed by atoms with E-state index in [2.05, 4.69) is 12.2 Å². The molecule has 33 heavy (non-hydrogen) atoms. The summed E-state index contributed by atoms with van der Waals surface area (Å²) in [6, 6.07) is 20.4. The predicted octanol–water partition coefficient (Wildman–Crippen LogP) is 4.99. The van der Waals surface area contributed by atoms with Crippen LogP contribution in [-0.4, -0.2) is 30.9 Å². The van der Waals surface area contributed by atoms with Gasteiger partial charge in [-0.2, -0.15) is 0 Å². The van der Waals surface area contributed by atoms with E-state index in [9.17, 15) is 9.59 Å². The Kier molecular flexibility index (Phi) is 6.63. The van der Waals surface area contributed by atoms with Crippen LogP contribution in [0.1, 0.15) is 46.4 Å². The van der Waals surface area contributed by atoms with Crippen LogP contribution >= 0.6 is 0 Å². The van der Waals surface area contributed by atoms with Crippen LogP contribution in [0, 0.1) is 0 Å². The van der Waals surface area contributed by atoms with Crippen molar-refractivity contribution in [2.24, 2.45) is 0 Å². The maximum atomic E-state index is 13.2. The summed E-state index contributed by atoms with van der Waals surface area (Å²) in [6.45, 7) is 2.54. The number of hydrogen-bond acceptors (Lipinski definition) is 4. The first-order chi connectivity index (χ1) is 16.0. The number of nitrogens with zero attached hydrogens (tertiary/aromatic N) is 1. The monoisotopic (exact) mass is 444 g/mol. The van der Waals surface area contributed by atoms with Crippen molar-refractivity contribution in [1.82, 2.24) is 4.90 Å². The van der Waals surface area contributed by atoms with E-state index in [0.29, 0.717) is 23.6 Å². The molecule has 0 saturated carbocycles. The zero-order valence-corrected chi connectivity index (χ0v) is 19.1. The Morgan fingerprint density at radius 3 is 2.39 bits per heavy atom. The van der Waals surface area contributed by atoms with Crippen LogP contribution in [0.4, 0.5) is 5.69 Å². The van der Waals surface area contributed by atoms with E-state index in [1.807, 2.05) is 60.7 Å². The fourth-order valence-corrected chi connectivity index (χ4v) is 4.21.